The number of hydrogen-bond acceptors (Lipinski definition) is 4. The van der Waals surface area contributed by atoms with Crippen molar-refractivity contribution in [2.45, 2.75) is 33.2 Å². The molecule has 1 heterocycles. The number of likely N-dealkylation sites (tertiary alicyclic amines) is 1. The highest BCUT2D eigenvalue weighted by Crippen LogP contribution is 2.27. The Balaban J connectivity index is 1.65. The minimum atomic E-state index is -0.139. The van der Waals surface area contributed by atoms with Gasteiger partial charge < -0.3 is 25.0 Å². The van der Waals surface area contributed by atoms with Gasteiger partial charge in [0.1, 0.15) is 0 Å². The highest BCUT2D eigenvalue weighted by Gasteiger charge is 2.21. The zero-order valence-corrected chi connectivity index (χ0v) is 16.5. The SMILES string of the molecule is COc1ccc(CNC(=O)NCCCN2CC(C)CC(C)C2)cc1OC. The number of carbonyl (C=O) groups is 1. The zero-order chi connectivity index (χ0) is 18.9. The molecule has 2 unspecified atom stereocenters. The summed E-state index contributed by atoms with van der Waals surface area (Å²) < 4.78 is 10.5. The molecule has 2 N–H and O–H groups in total. The number of methoxy groups -OCH3 is 2. The predicted octanol–water partition coefficient (Wildman–Crippen LogP) is 2.87. The molecule has 0 radical (unpaired) electrons. The van der Waals surface area contributed by atoms with Crippen molar-refractivity contribution in [3.05, 3.63) is 23.8 Å². The lowest BCUT2D eigenvalue weighted by atomic mass is 9.92. The van der Waals surface area contributed by atoms with E-state index >= 15 is 0 Å². The molecule has 1 saturated heterocycles. The lowest BCUT2D eigenvalue weighted by molar-refractivity contribution is 0.139. The number of nitrogens with one attached hydrogen (secondary N) is 2. The third-order valence-corrected chi connectivity index (χ3v) is 4.78. The third kappa shape index (κ3) is 6.41. The summed E-state index contributed by atoms with van der Waals surface area (Å²) in [7, 11) is 3.21. The first-order valence-corrected chi connectivity index (χ1v) is 9.46. The van der Waals surface area contributed by atoms with Crippen LogP contribution >= 0.6 is 0 Å². The Bertz CT molecular complexity index is 569. The van der Waals surface area contributed by atoms with Gasteiger partial charge in [0.15, 0.2) is 11.5 Å². The minimum absolute atomic E-state index is 0.139. The van der Waals surface area contributed by atoms with Gasteiger partial charge in [0.25, 0.3) is 0 Å². The first kappa shape index (κ1) is 20.4. The van der Waals surface area contributed by atoms with Crippen molar-refractivity contribution in [3.63, 3.8) is 0 Å². The molecular formula is C20H33N3O3. The van der Waals surface area contributed by atoms with E-state index in [4.69, 9.17) is 9.47 Å². The number of ether oxygens (including phenoxy) is 2. The fraction of sp³-hybridized carbons (Fsp3) is 0.650. The van der Waals surface area contributed by atoms with Crippen LogP contribution in [-0.4, -0.2) is 51.3 Å². The van der Waals surface area contributed by atoms with Crippen molar-refractivity contribution in [3.8, 4) is 11.5 Å². The molecule has 6 nitrogen and oxygen atoms in total. The fourth-order valence-electron chi connectivity index (χ4n) is 3.71. The predicted molar refractivity (Wildman–Crippen MR) is 104 cm³/mol. The Hall–Kier alpha value is -1.95. The largest absolute Gasteiger partial charge is 0.493 e. The summed E-state index contributed by atoms with van der Waals surface area (Å²) >= 11 is 0. The molecule has 6 heteroatoms. The molecule has 0 aromatic heterocycles. The normalized spacial score (nSPS) is 20.5. The van der Waals surface area contributed by atoms with Crippen LogP contribution in [0.4, 0.5) is 4.79 Å². The molecule has 2 rings (SSSR count). The maximum Gasteiger partial charge on any atom is 0.315 e. The van der Waals surface area contributed by atoms with Crippen LogP contribution in [0.3, 0.4) is 0 Å². The number of amides is 2. The van der Waals surface area contributed by atoms with E-state index in [-0.39, 0.29) is 6.03 Å². The monoisotopic (exact) mass is 363 g/mol. The van der Waals surface area contributed by atoms with Crippen LogP contribution in [0.2, 0.25) is 0 Å². The molecule has 2 atom stereocenters. The maximum absolute atomic E-state index is 12.0. The number of nitrogens with zero attached hydrogens (tertiary/aromatic N) is 1. The van der Waals surface area contributed by atoms with Crippen LogP contribution in [0.15, 0.2) is 18.2 Å². The van der Waals surface area contributed by atoms with Gasteiger partial charge in [-0.15, -0.1) is 0 Å². The van der Waals surface area contributed by atoms with Crippen molar-refractivity contribution >= 4 is 6.03 Å². The molecule has 26 heavy (non-hydrogen) atoms. The average molecular weight is 364 g/mol. The van der Waals surface area contributed by atoms with E-state index in [0.29, 0.717) is 24.6 Å². The van der Waals surface area contributed by atoms with Crippen molar-refractivity contribution < 1.29 is 14.3 Å². The number of piperidine rings is 1. The molecule has 1 fully saturated rings. The third-order valence-electron chi connectivity index (χ3n) is 4.78. The van der Waals surface area contributed by atoms with Crippen LogP contribution < -0.4 is 20.1 Å². The van der Waals surface area contributed by atoms with E-state index in [0.717, 1.165) is 30.4 Å². The second-order valence-corrected chi connectivity index (χ2v) is 7.36. The molecule has 1 aliphatic heterocycles. The van der Waals surface area contributed by atoms with Gasteiger partial charge in [0.2, 0.25) is 0 Å². The standard InChI is InChI=1S/C20H33N3O3/c1-15-10-16(2)14-23(13-15)9-5-8-21-20(24)22-12-17-6-7-18(25-3)19(11-17)26-4/h6-7,11,15-16H,5,8-10,12-14H2,1-4H3,(H2,21,22,24). The molecule has 1 aliphatic rings. The first-order chi connectivity index (χ1) is 12.5. The Labute approximate surface area is 157 Å². The van der Waals surface area contributed by atoms with Crippen LogP contribution in [0.5, 0.6) is 11.5 Å². The van der Waals surface area contributed by atoms with E-state index < -0.39 is 0 Å². The summed E-state index contributed by atoms with van der Waals surface area (Å²) in [6, 6.07) is 5.49. The summed E-state index contributed by atoms with van der Waals surface area (Å²) in [5, 5.41) is 5.81. The summed E-state index contributed by atoms with van der Waals surface area (Å²) in [4.78, 5) is 14.5. The van der Waals surface area contributed by atoms with Crippen molar-refractivity contribution in [2.75, 3.05) is 40.4 Å². The van der Waals surface area contributed by atoms with Crippen LogP contribution in [0.1, 0.15) is 32.3 Å². The number of hydrogen-bond donors (Lipinski definition) is 2. The van der Waals surface area contributed by atoms with Gasteiger partial charge in [-0.3, -0.25) is 0 Å². The fourth-order valence-corrected chi connectivity index (χ4v) is 3.71. The van der Waals surface area contributed by atoms with E-state index in [9.17, 15) is 4.79 Å². The molecular weight excluding hydrogens is 330 g/mol. The first-order valence-electron chi connectivity index (χ1n) is 9.46. The summed E-state index contributed by atoms with van der Waals surface area (Å²) in [5.74, 6) is 2.90. The summed E-state index contributed by atoms with van der Waals surface area (Å²) in [6.45, 7) is 9.19. The highest BCUT2D eigenvalue weighted by molar-refractivity contribution is 5.73. The van der Waals surface area contributed by atoms with Crippen molar-refractivity contribution in [1.82, 2.24) is 15.5 Å². The molecule has 1 aromatic carbocycles. The Morgan fingerprint density at radius 2 is 1.81 bits per heavy atom. The van der Waals surface area contributed by atoms with E-state index in [1.54, 1.807) is 14.2 Å². The van der Waals surface area contributed by atoms with Gasteiger partial charge >= 0.3 is 6.03 Å². The average Bonchev–Trinajstić information content (AvgIpc) is 2.62. The van der Waals surface area contributed by atoms with Crippen LogP contribution in [0.25, 0.3) is 0 Å². The topological polar surface area (TPSA) is 62.8 Å². The Kier molecular flexibility index (Phi) is 8.04. The Morgan fingerprint density at radius 3 is 2.46 bits per heavy atom. The smallest absolute Gasteiger partial charge is 0.315 e. The Morgan fingerprint density at radius 1 is 1.12 bits per heavy atom. The van der Waals surface area contributed by atoms with E-state index in [2.05, 4.69) is 29.4 Å². The molecule has 0 spiro atoms. The van der Waals surface area contributed by atoms with Gasteiger partial charge in [-0.25, -0.2) is 4.79 Å². The van der Waals surface area contributed by atoms with Gasteiger partial charge in [-0.1, -0.05) is 19.9 Å². The maximum atomic E-state index is 12.0. The van der Waals surface area contributed by atoms with Gasteiger partial charge in [-0.05, 0) is 48.9 Å². The lowest BCUT2D eigenvalue weighted by Gasteiger charge is -2.34. The summed E-state index contributed by atoms with van der Waals surface area (Å²) in [6.07, 6.45) is 2.30. The molecule has 0 aliphatic carbocycles. The number of benzene rings is 1. The van der Waals surface area contributed by atoms with Crippen LogP contribution in [-0.2, 0) is 6.54 Å². The quantitative estimate of drug-likeness (QED) is 0.697. The molecule has 0 saturated carbocycles. The number of rotatable bonds is 8. The van der Waals surface area contributed by atoms with Gasteiger partial charge in [0.05, 0.1) is 14.2 Å². The lowest BCUT2D eigenvalue weighted by Crippen LogP contribution is -2.41. The van der Waals surface area contributed by atoms with Crippen molar-refractivity contribution in [2.24, 2.45) is 11.8 Å². The second-order valence-electron chi connectivity index (χ2n) is 7.36. The van der Waals surface area contributed by atoms with E-state index in [1.807, 2.05) is 18.2 Å². The summed E-state index contributed by atoms with van der Waals surface area (Å²) in [5.41, 5.74) is 0.967. The molecule has 0 bridgehead atoms. The minimum Gasteiger partial charge on any atom is -0.493 e. The van der Waals surface area contributed by atoms with Gasteiger partial charge in [0, 0.05) is 26.2 Å². The van der Waals surface area contributed by atoms with Crippen LogP contribution in [0, 0.1) is 11.8 Å². The van der Waals surface area contributed by atoms with Gasteiger partial charge in [-0.2, -0.15) is 0 Å². The zero-order valence-electron chi connectivity index (χ0n) is 16.5. The number of carbonyl (C=O) groups excluding carboxylic acids is 1. The second kappa shape index (κ2) is 10.3. The van der Waals surface area contributed by atoms with E-state index in [1.165, 1.54) is 19.5 Å². The molecule has 146 valence electrons. The molecule has 1 aromatic rings. The highest BCUT2D eigenvalue weighted by atomic mass is 16.5. The number of urea groups is 1. The van der Waals surface area contributed by atoms with Crippen molar-refractivity contribution in [1.29, 1.82) is 0 Å². The molecule has 2 amide bonds.